The number of halogens is 1. The number of rotatable bonds is 4. The molecule has 2 unspecified atom stereocenters. The van der Waals surface area contributed by atoms with Gasteiger partial charge in [0.2, 0.25) is 0 Å². The molecule has 0 saturated carbocycles. The van der Waals surface area contributed by atoms with Crippen LogP contribution < -0.4 is 11.3 Å². The molecule has 0 bridgehead atoms. The fraction of sp³-hybridized carbons (Fsp3) is 0.250. The maximum Gasteiger partial charge on any atom is 0.0465 e. The SMILES string of the molecule is NNC(CC1Cc2ccccc21)c1ccc(Br)cc1. The summed E-state index contributed by atoms with van der Waals surface area (Å²) in [4.78, 5) is 0. The molecule has 0 amide bonds. The zero-order valence-electron chi connectivity index (χ0n) is 10.6. The number of nitrogens with one attached hydrogen (secondary N) is 1. The topological polar surface area (TPSA) is 38.0 Å². The fourth-order valence-corrected chi connectivity index (χ4v) is 3.12. The van der Waals surface area contributed by atoms with E-state index in [4.69, 9.17) is 5.84 Å². The molecule has 2 atom stereocenters. The Labute approximate surface area is 122 Å². The van der Waals surface area contributed by atoms with Crippen molar-refractivity contribution >= 4 is 15.9 Å². The summed E-state index contributed by atoms with van der Waals surface area (Å²) in [5.41, 5.74) is 7.17. The fourth-order valence-electron chi connectivity index (χ4n) is 2.85. The number of fused-ring (bicyclic) bond motifs is 1. The van der Waals surface area contributed by atoms with Crippen LogP contribution in [0.4, 0.5) is 0 Å². The average Bonchev–Trinajstić information content (AvgIpc) is 2.42. The van der Waals surface area contributed by atoms with Crippen LogP contribution in [0.5, 0.6) is 0 Å². The van der Waals surface area contributed by atoms with Gasteiger partial charge < -0.3 is 0 Å². The van der Waals surface area contributed by atoms with E-state index in [1.807, 2.05) is 0 Å². The standard InChI is InChI=1S/C16H17BrN2/c17-14-7-5-11(6-8-14)16(19-18)10-13-9-12-3-1-2-4-15(12)13/h1-8,13,16,19H,9-10,18H2. The largest absolute Gasteiger partial charge is 0.271 e. The molecule has 0 aliphatic heterocycles. The number of hydrazine groups is 1. The third-order valence-corrected chi connectivity index (χ3v) is 4.48. The number of hydrogen-bond donors (Lipinski definition) is 2. The van der Waals surface area contributed by atoms with Crippen LogP contribution in [0.1, 0.15) is 35.1 Å². The van der Waals surface area contributed by atoms with Gasteiger partial charge in [-0.3, -0.25) is 11.3 Å². The normalized spacial score (nSPS) is 18.5. The van der Waals surface area contributed by atoms with Crippen LogP contribution in [0.2, 0.25) is 0 Å². The van der Waals surface area contributed by atoms with Crippen molar-refractivity contribution in [3.05, 3.63) is 69.7 Å². The molecule has 1 aliphatic carbocycles. The molecule has 0 radical (unpaired) electrons. The molecule has 0 spiro atoms. The Hall–Kier alpha value is -1.16. The molecule has 0 aromatic heterocycles. The summed E-state index contributed by atoms with van der Waals surface area (Å²) in [6, 6.07) is 17.3. The van der Waals surface area contributed by atoms with Crippen LogP contribution in [0.3, 0.4) is 0 Å². The Morgan fingerprint density at radius 3 is 2.58 bits per heavy atom. The summed E-state index contributed by atoms with van der Waals surface area (Å²) in [5, 5.41) is 0. The summed E-state index contributed by atoms with van der Waals surface area (Å²) >= 11 is 3.46. The van der Waals surface area contributed by atoms with Gasteiger partial charge in [-0.1, -0.05) is 52.3 Å². The highest BCUT2D eigenvalue weighted by Crippen LogP contribution is 2.40. The second-order valence-electron chi connectivity index (χ2n) is 5.11. The highest BCUT2D eigenvalue weighted by atomic mass is 79.9. The lowest BCUT2D eigenvalue weighted by atomic mass is 9.74. The maximum absolute atomic E-state index is 5.73. The van der Waals surface area contributed by atoms with E-state index < -0.39 is 0 Å². The lowest BCUT2D eigenvalue weighted by Crippen LogP contribution is -2.31. The van der Waals surface area contributed by atoms with Gasteiger partial charge in [0.25, 0.3) is 0 Å². The van der Waals surface area contributed by atoms with Crippen molar-refractivity contribution in [1.29, 1.82) is 0 Å². The highest BCUT2D eigenvalue weighted by molar-refractivity contribution is 9.10. The van der Waals surface area contributed by atoms with Crippen molar-refractivity contribution in [2.24, 2.45) is 5.84 Å². The van der Waals surface area contributed by atoms with Gasteiger partial charge in [-0.15, -0.1) is 0 Å². The lowest BCUT2D eigenvalue weighted by molar-refractivity contribution is 0.435. The Balaban J connectivity index is 1.73. The van der Waals surface area contributed by atoms with E-state index in [1.54, 1.807) is 0 Å². The maximum atomic E-state index is 5.73. The van der Waals surface area contributed by atoms with Crippen LogP contribution in [-0.4, -0.2) is 0 Å². The second kappa shape index (κ2) is 5.45. The van der Waals surface area contributed by atoms with Gasteiger partial charge in [-0.25, -0.2) is 0 Å². The minimum Gasteiger partial charge on any atom is -0.271 e. The van der Waals surface area contributed by atoms with Crippen molar-refractivity contribution in [3.8, 4) is 0 Å². The van der Waals surface area contributed by atoms with E-state index in [0.717, 1.165) is 10.9 Å². The summed E-state index contributed by atoms with van der Waals surface area (Å²) in [7, 11) is 0. The third-order valence-electron chi connectivity index (χ3n) is 3.96. The predicted octanol–water partition coefficient (Wildman–Crippen LogP) is 3.68. The molecule has 2 aromatic rings. The Morgan fingerprint density at radius 2 is 1.89 bits per heavy atom. The number of benzene rings is 2. The summed E-state index contributed by atoms with van der Waals surface area (Å²) in [6.07, 6.45) is 2.22. The van der Waals surface area contributed by atoms with Gasteiger partial charge in [0, 0.05) is 10.5 Å². The van der Waals surface area contributed by atoms with Gasteiger partial charge >= 0.3 is 0 Å². The Bertz CT molecular complexity index is 565. The van der Waals surface area contributed by atoms with Crippen molar-refractivity contribution in [1.82, 2.24) is 5.43 Å². The van der Waals surface area contributed by atoms with Gasteiger partial charge in [0.15, 0.2) is 0 Å². The molecule has 98 valence electrons. The summed E-state index contributed by atoms with van der Waals surface area (Å²) in [6.45, 7) is 0. The van der Waals surface area contributed by atoms with Crippen LogP contribution in [0.15, 0.2) is 53.0 Å². The molecule has 2 nitrogen and oxygen atoms in total. The van der Waals surface area contributed by atoms with Gasteiger partial charge in [0.05, 0.1) is 0 Å². The first-order valence-electron chi connectivity index (χ1n) is 6.57. The zero-order chi connectivity index (χ0) is 13.2. The molecule has 0 saturated heterocycles. The van der Waals surface area contributed by atoms with E-state index >= 15 is 0 Å². The Morgan fingerprint density at radius 1 is 1.16 bits per heavy atom. The molecule has 19 heavy (non-hydrogen) atoms. The van der Waals surface area contributed by atoms with Crippen LogP contribution in [0.25, 0.3) is 0 Å². The number of hydrogen-bond acceptors (Lipinski definition) is 2. The quantitative estimate of drug-likeness (QED) is 0.667. The molecule has 0 fully saturated rings. The number of nitrogens with two attached hydrogens (primary N) is 1. The smallest absolute Gasteiger partial charge is 0.0465 e. The van der Waals surface area contributed by atoms with Crippen LogP contribution in [-0.2, 0) is 6.42 Å². The first-order valence-corrected chi connectivity index (χ1v) is 7.36. The predicted molar refractivity (Wildman–Crippen MR) is 81.7 cm³/mol. The highest BCUT2D eigenvalue weighted by Gasteiger charge is 2.28. The molecule has 3 heteroatoms. The van der Waals surface area contributed by atoms with E-state index in [9.17, 15) is 0 Å². The summed E-state index contributed by atoms with van der Waals surface area (Å²) in [5.74, 6) is 6.35. The molecule has 2 aromatic carbocycles. The summed E-state index contributed by atoms with van der Waals surface area (Å²) < 4.78 is 1.10. The van der Waals surface area contributed by atoms with Gasteiger partial charge in [-0.2, -0.15) is 0 Å². The zero-order valence-corrected chi connectivity index (χ0v) is 12.2. The van der Waals surface area contributed by atoms with Gasteiger partial charge in [-0.05, 0) is 47.6 Å². The molecule has 3 N–H and O–H groups in total. The minimum atomic E-state index is 0.214. The van der Waals surface area contributed by atoms with E-state index in [-0.39, 0.29) is 6.04 Å². The Kier molecular flexibility index (Phi) is 3.69. The van der Waals surface area contributed by atoms with E-state index in [1.165, 1.54) is 23.1 Å². The molecule has 3 rings (SSSR count). The van der Waals surface area contributed by atoms with Crippen molar-refractivity contribution in [2.75, 3.05) is 0 Å². The first kappa shape index (κ1) is 12.9. The first-order chi connectivity index (χ1) is 9.28. The molecule has 1 aliphatic rings. The second-order valence-corrected chi connectivity index (χ2v) is 6.02. The molecule has 0 heterocycles. The van der Waals surface area contributed by atoms with Crippen molar-refractivity contribution < 1.29 is 0 Å². The van der Waals surface area contributed by atoms with Crippen molar-refractivity contribution in [3.63, 3.8) is 0 Å². The van der Waals surface area contributed by atoms with Crippen LogP contribution in [0, 0.1) is 0 Å². The van der Waals surface area contributed by atoms with Crippen molar-refractivity contribution in [2.45, 2.75) is 24.8 Å². The van der Waals surface area contributed by atoms with Gasteiger partial charge in [0.1, 0.15) is 0 Å². The van der Waals surface area contributed by atoms with E-state index in [0.29, 0.717) is 5.92 Å². The molecular weight excluding hydrogens is 300 g/mol. The monoisotopic (exact) mass is 316 g/mol. The molecular formula is C16H17BrN2. The third kappa shape index (κ3) is 2.59. The van der Waals surface area contributed by atoms with Crippen LogP contribution >= 0.6 is 15.9 Å². The lowest BCUT2D eigenvalue weighted by Gasteiger charge is -2.33. The van der Waals surface area contributed by atoms with E-state index in [2.05, 4.69) is 69.9 Å². The minimum absolute atomic E-state index is 0.214. The average molecular weight is 317 g/mol.